The van der Waals surface area contributed by atoms with Gasteiger partial charge in [-0.15, -0.1) is 0 Å². The summed E-state index contributed by atoms with van der Waals surface area (Å²) in [4.78, 5) is 4.77. The van der Waals surface area contributed by atoms with Gasteiger partial charge >= 0.3 is 0 Å². The second-order valence-electron chi connectivity index (χ2n) is 5.88. The Hall–Kier alpha value is -2.09. The van der Waals surface area contributed by atoms with E-state index < -0.39 is 0 Å². The first-order valence-corrected chi connectivity index (χ1v) is 6.65. The van der Waals surface area contributed by atoms with Crippen LogP contribution < -0.4 is 0 Å². The first-order valence-electron chi connectivity index (χ1n) is 6.65. The van der Waals surface area contributed by atoms with E-state index in [0.29, 0.717) is 0 Å². The van der Waals surface area contributed by atoms with E-state index in [1.165, 1.54) is 33.3 Å². The van der Waals surface area contributed by atoms with Crippen molar-refractivity contribution in [3.63, 3.8) is 0 Å². The minimum atomic E-state index is -0.00401. The molecule has 1 aromatic carbocycles. The van der Waals surface area contributed by atoms with Crippen molar-refractivity contribution in [3.8, 4) is 11.1 Å². The third-order valence-corrected chi connectivity index (χ3v) is 4.40. The second kappa shape index (κ2) is 3.27. The van der Waals surface area contributed by atoms with E-state index in [9.17, 15) is 0 Å². The molecule has 0 saturated heterocycles. The van der Waals surface area contributed by atoms with E-state index in [0.717, 1.165) is 0 Å². The van der Waals surface area contributed by atoms with Crippen molar-refractivity contribution in [3.05, 3.63) is 54.0 Å². The third kappa shape index (κ3) is 1.19. The van der Waals surface area contributed by atoms with Gasteiger partial charge in [-0.1, -0.05) is 38.1 Å². The van der Waals surface area contributed by atoms with Crippen LogP contribution in [0.3, 0.4) is 0 Å². The third-order valence-electron chi connectivity index (χ3n) is 4.40. The van der Waals surface area contributed by atoms with E-state index in [2.05, 4.69) is 62.0 Å². The number of rotatable bonds is 0. The van der Waals surface area contributed by atoms with E-state index in [-0.39, 0.29) is 5.41 Å². The topological polar surface area (TPSA) is 17.8 Å². The van der Waals surface area contributed by atoms with Gasteiger partial charge in [0.15, 0.2) is 0 Å². The van der Waals surface area contributed by atoms with Gasteiger partial charge in [-0.3, -0.25) is 4.98 Å². The van der Waals surface area contributed by atoms with E-state index in [1.807, 2.05) is 6.20 Å². The first-order chi connectivity index (χ1) is 9.10. The number of benzene rings is 1. The maximum absolute atomic E-state index is 4.77. The molecule has 2 nitrogen and oxygen atoms in total. The highest BCUT2D eigenvalue weighted by atomic mass is 14.9. The molecular weight excluding hydrogens is 232 g/mol. The largest absolute Gasteiger partial charge is 0.349 e. The molecule has 1 aliphatic carbocycles. The lowest BCUT2D eigenvalue weighted by Gasteiger charge is -2.19. The summed E-state index contributed by atoms with van der Waals surface area (Å²) in [5.74, 6) is 0. The predicted molar refractivity (Wildman–Crippen MR) is 78.3 cm³/mol. The lowest BCUT2D eigenvalue weighted by molar-refractivity contribution is 0.637. The summed E-state index contributed by atoms with van der Waals surface area (Å²) in [6.45, 7) is 4.53. The minimum Gasteiger partial charge on any atom is -0.349 e. The van der Waals surface area contributed by atoms with Crippen molar-refractivity contribution in [2.24, 2.45) is 7.05 Å². The molecule has 2 heteroatoms. The fourth-order valence-electron chi connectivity index (χ4n) is 3.35. The second-order valence-corrected chi connectivity index (χ2v) is 5.88. The van der Waals surface area contributed by atoms with Crippen molar-refractivity contribution in [2.45, 2.75) is 19.3 Å². The Labute approximate surface area is 112 Å². The van der Waals surface area contributed by atoms with Crippen molar-refractivity contribution >= 4 is 10.9 Å². The van der Waals surface area contributed by atoms with Gasteiger partial charge in [-0.2, -0.15) is 0 Å². The molecule has 3 aromatic rings. The number of nitrogens with zero attached hydrogens (tertiary/aromatic N) is 2. The van der Waals surface area contributed by atoms with Crippen LogP contribution in [-0.2, 0) is 12.5 Å². The molecule has 0 N–H and O–H groups in total. The van der Waals surface area contributed by atoms with Gasteiger partial charge in [-0.25, -0.2) is 0 Å². The SMILES string of the molecule is Cn1ccc2c3c(ncc21)C(C)(C)c1ccccc1-3. The van der Waals surface area contributed by atoms with Gasteiger partial charge in [0, 0.05) is 29.6 Å². The van der Waals surface area contributed by atoms with E-state index >= 15 is 0 Å². The van der Waals surface area contributed by atoms with Gasteiger partial charge in [-0.05, 0) is 17.2 Å². The Bertz CT molecular complexity index is 809. The lowest BCUT2D eigenvalue weighted by Crippen LogP contribution is -2.16. The van der Waals surface area contributed by atoms with Crippen LogP contribution in [0.25, 0.3) is 22.0 Å². The van der Waals surface area contributed by atoms with Crippen LogP contribution in [0.1, 0.15) is 25.1 Å². The molecule has 1 aliphatic rings. The zero-order valence-electron chi connectivity index (χ0n) is 11.4. The van der Waals surface area contributed by atoms with Crippen LogP contribution in [0.4, 0.5) is 0 Å². The molecule has 0 bridgehead atoms. The Morgan fingerprint density at radius 2 is 1.89 bits per heavy atom. The lowest BCUT2D eigenvalue weighted by atomic mass is 9.85. The van der Waals surface area contributed by atoms with Crippen LogP contribution in [0, 0.1) is 0 Å². The van der Waals surface area contributed by atoms with Gasteiger partial charge in [0.25, 0.3) is 0 Å². The molecule has 0 saturated carbocycles. The molecule has 0 aliphatic heterocycles. The molecular formula is C17H16N2. The van der Waals surface area contributed by atoms with Gasteiger partial charge in [0.2, 0.25) is 0 Å². The van der Waals surface area contributed by atoms with Crippen LogP contribution in [0.2, 0.25) is 0 Å². The van der Waals surface area contributed by atoms with Crippen molar-refractivity contribution < 1.29 is 0 Å². The van der Waals surface area contributed by atoms with Gasteiger partial charge in [0.1, 0.15) is 0 Å². The molecule has 0 fully saturated rings. The molecule has 2 heterocycles. The van der Waals surface area contributed by atoms with Crippen LogP contribution in [0.15, 0.2) is 42.7 Å². The fourth-order valence-corrected chi connectivity index (χ4v) is 3.35. The number of fused-ring (bicyclic) bond motifs is 5. The highest BCUT2D eigenvalue weighted by molar-refractivity contribution is 6.00. The molecule has 0 atom stereocenters. The number of pyridine rings is 1. The Balaban J connectivity index is 2.22. The zero-order valence-corrected chi connectivity index (χ0v) is 11.4. The normalized spacial score (nSPS) is 15.5. The fraction of sp³-hybridized carbons (Fsp3) is 0.235. The molecule has 94 valence electrons. The Morgan fingerprint density at radius 1 is 1.11 bits per heavy atom. The van der Waals surface area contributed by atoms with Gasteiger partial charge < -0.3 is 4.57 Å². The first kappa shape index (κ1) is 10.8. The minimum absolute atomic E-state index is 0.00401. The smallest absolute Gasteiger partial charge is 0.0670 e. The average Bonchev–Trinajstić information content (AvgIpc) is 2.89. The number of hydrogen-bond donors (Lipinski definition) is 0. The molecule has 0 spiro atoms. The highest BCUT2D eigenvalue weighted by Crippen LogP contribution is 2.49. The van der Waals surface area contributed by atoms with Crippen molar-refractivity contribution in [2.75, 3.05) is 0 Å². The summed E-state index contributed by atoms with van der Waals surface area (Å²) in [7, 11) is 2.07. The van der Waals surface area contributed by atoms with Crippen LogP contribution >= 0.6 is 0 Å². The predicted octanol–water partition coefficient (Wildman–Crippen LogP) is 3.88. The van der Waals surface area contributed by atoms with Crippen LogP contribution in [-0.4, -0.2) is 9.55 Å². The summed E-state index contributed by atoms with van der Waals surface area (Å²) in [5, 5.41) is 1.31. The Morgan fingerprint density at radius 3 is 2.74 bits per heavy atom. The molecule has 19 heavy (non-hydrogen) atoms. The monoisotopic (exact) mass is 248 g/mol. The van der Waals surface area contributed by atoms with Crippen molar-refractivity contribution in [1.82, 2.24) is 9.55 Å². The molecule has 0 unspecified atom stereocenters. The molecule has 2 aromatic heterocycles. The molecule has 0 radical (unpaired) electrons. The zero-order chi connectivity index (χ0) is 13.2. The molecule has 0 amide bonds. The van der Waals surface area contributed by atoms with E-state index in [1.54, 1.807) is 0 Å². The summed E-state index contributed by atoms with van der Waals surface area (Å²) in [5.41, 5.74) is 6.44. The standard InChI is InChI=1S/C17H16N2/c1-17(2)13-7-5-4-6-11(13)15-12-8-9-19(3)14(12)10-18-16(15)17/h4-10H,1-3H3. The molecule has 4 rings (SSSR count). The van der Waals surface area contributed by atoms with Crippen LogP contribution in [0.5, 0.6) is 0 Å². The van der Waals surface area contributed by atoms with E-state index in [4.69, 9.17) is 4.98 Å². The maximum Gasteiger partial charge on any atom is 0.0670 e. The number of aryl methyl sites for hydroxylation is 1. The highest BCUT2D eigenvalue weighted by Gasteiger charge is 2.37. The summed E-state index contributed by atoms with van der Waals surface area (Å²) >= 11 is 0. The maximum atomic E-state index is 4.77. The summed E-state index contributed by atoms with van der Waals surface area (Å²) in [6, 6.07) is 10.9. The van der Waals surface area contributed by atoms with Gasteiger partial charge in [0.05, 0.1) is 17.4 Å². The summed E-state index contributed by atoms with van der Waals surface area (Å²) in [6.07, 6.45) is 4.11. The summed E-state index contributed by atoms with van der Waals surface area (Å²) < 4.78 is 2.14. The number of aromatic nitrogens is 2. The number of hydrogen-bond acceptors (Lipinski definition) is 1. The Kier molecular flexibility index (Phi) is 1.86. The average molecular weight is 248 g/mol. The quantitative estimate of drug-likeness (QED) is 0.590. The van der Waals surface area contributed by atoms with Crippen molar-refractivity contribution in [1.29, 1.82) is 0 Å².